The molecule has 0 unspecified atom stereocenters. The largest absolute Gasteiger partial charge is 0.467 e. The van der Waals surface area contributed by atoms with Crippen LogP contribution in [0, 0.1) is 25.5 Å². The number of amides is 4. The van der Waals surface area contributed by atoms with Crippen molar-refractivity contribution in [3.05, 3.63) is 138 Å². The van der Waals surface area contributed by atoms with Crippen LogP contribution in [0.5, 0.6) is 11.5 Å². The van der Waals surface area contributed by atoms with Gasteiger partial charge in [0.2, 0.25) is 5.91 Å². The van der Waals surface area contributed by atoms with E-state index in [-0.39, 0.29) is 131 Å². The van der Waals surface area contributed by atoms with Crippen LogP contribution in [0.2, 0.25) is 10.0 Å². The Morgan fingerprint density at radius 2 is 1.04 bits per heavy atom. The maximum Gasteiger partial charge on any atom is 0.410 e. The molecule has 26 nitrogen and oxygen atoms in total. The Kier molecular flexibility index (Phi) is 26.1. The highest BCUT2D eigenvalue weighted by atomic mass is 35.5. The van der Waals surface area contributed by atoms with Crippen LogP contribution in [0.1, 0.15) is 117 Å². The lowest BCUT2D eigenvalue weighted by Gasteiger charge is -2.50. The van der Waals surface area contributed by atoms with Crippen molar-refractivity contribution in [2.45, 2.75) is 144 Å². The first-order valence-electron chi connectivity index (χ1n) is 36.7. The first-order chi connectivity index (χ1) is 52.3. The second-order valence-electron chi connectivity index (χ2n) is 31.0. The number of anilines is 4. The van der Waals surface area contributed by atoms with E-state index in [1.807, 2.05) is 109 Å². The number of aromatic nitrogens is 6. The predicted octanol–water partition coefficient (Wildman–Crippen LogP) is 13.6. The van der Waals surface area contributed by atoms with Gasteiger partial charge in [0.15, 0.2) is 24.9 Å². The van der Waals surface area contributed by atoms with Crippen LogP contribution >= 0.6 is 34.8 Å². The van der Waals surface area contributed by atoms with Gasteiger partial charge >= 0.3 is 12.2 Å². The molecule has 4 amide bonds. The zero-order valence-corrected chi connectivity index (χ0v) is 68.8. The summed E-state index contributed by atoms with van der Waals surface area (Å²) in [5.74, 6) is -1.24. The molecule has 596 valence electrons. The third-order valence-corrected chi connectivity index (χ3v) is 19.8. The highest BCUT2D eigenvalue weighted by Gasteiger charge is 2.49. The molecule has 0 radical (unpaired) electrons. The fourth-order valence-electron chi connectivity index (χ4n) is 14.0. The number of nitrogens with zero attached hydrogens (tertiary/aromatic N) is 13. The van der Waals surface area contributed by atoms with Crippen molar-refractivity contribution < 1.29 is 56.4 Å². The molecule has 10 heterocycles. The summed E-state index contributed by atoms with van der Waals surface area (Å²) in [6, 6.07) is 13.1. The van der Waals surface area contributed by atoms with Crippen LogP contribution in [0.25, 0.3) is 56.0 Å². The van der Waals surface area contributed by atoms with Crippen molar-refractivity contribution in [1.29, 1.82) is 0 Å². The molecule has 2 aromatic carbocycles. The molecule has 0 saturated carbocycles. The number of ether oxygens (including phenoxy) is 6. The van der Waals surface area contributed by atoms with Crippen LogP contribution in [0.15, 0.2) is 82.6 Å². The molecule has 6 aromatic heterocycles. The molecule has 2 saturated heterocycles. The first-order valence-corrected chi connectivity index (χ1v) is 37.9. The van der Waals surface area contributed by atoms with Gasteiger partial charge in [0.05, 0.1) is 79.8 Å². The molecule has 8 aromatic rings. The predicted molar refractivity (Wildman–Crippen MR) is 430 cm³/mol. The molecule has 12 rings (SSSR count). The molecule has 1 N–H and O–H groups in total. The number of methoxy groups -OCH3 is 2. The van der Waals surface area contributed by atoms with Gasteiger partial charge in [-0.1, -0.05) is 63.0 Å². The van der Waals surface area contributed by atoms with Crippen molar-refractivity contribution >= 4 is 104 Å². The van der Waals surface area contributed by atoms with Gasteiger partial charge in [0.1, 0.15) is 57.8 Å². The van der Waals surface area contributed by atoms with E-state index in [0.717, 1.165) is 23.6 Å². The van der Waals surface area contributed by atoms with E-state index in [1.54, 1.807) is 89.2 Å². The van der Waals surface area contributed by atoms with Crippen molar-refractivity contribution in [3.8, 4) is 45.4 Å². The Balaban J connectivity index is 0.000000220. The van der Waals surface area contributed by atoms with Crippen LogP contribution in [0.4, 0.5) is 41.1 Å². The molecular weight excluding hydrogens is 1490 g/mol. The Bertz CT molecular complexity index is 4990. The normalized spacial score (nSPS) is 17.0. The van der Waals surface area contributed by atoms with Crippen molar-refractivity contribution in [3.63, 3.8) is 0 Å². The van der Waals surface area contributed by atoms with Crippen LogP contribution < -0.4 is 40.6 Å². The Hall–Kier alpha value is -9.29. The summed E-state index contributed by atoms with van der Waals surface area (Å²) in [5, 5.41) is 3.92. The minimum Gasteiger partial charge on any atom is -0.467 e. The molecule has 2 fully saturated rings. The number of rotatable bonds is 17. The lowest BCUT2D eigenvalue weighted by Crippen LogP contribution is -2.67. The highest BCUT2D eigenvalue weighted by molar-refractivity contribution is 6.35. The fourth-order valence-corrected chi connectivity index (χ4v) is 14.8. The number of carbonyl (C=O) groups is 4. The van der Waals surface area contributed by atoms with E-state index < -0.39 is 76.2 Å². The monoisotopic (exact) mass is 1590 g/mol. The number of pyridine rings is 6. The maximum atomic E-state index is 15.9. The first kappa shape index (κ1) is 84.2. The zero-order chi connectivity index (χ0) is 81.3. The number of halogens is 5. The van der Waals surface area contributed by atoms with Crippen molar-refractivity contribution in [2.24, 2.45) is 0 Å². The van der Waals surface area contributed by atoms with Crippen LogP contribution in [-0.4, -0.2) is 216 Å². The number of benzene rings is 2. The Morgan fingerprint density at radius 1 is 0.604 bits per heavy atom. The molecule has 4 aliphatic heterocycles. The molecule has 0 aliphatic carbocycles. The van der Waals surface area contributed by atoms with Gasteiger partial charge in [-0.2, -0.15) is 0 Å². The number of fused-ring (bicyclic) bond motifs is 10. The number of aryl methyl sites for hydroxylation is 2. The molecule has 31 heteroatoms. The second kappa shape index (κ2) is 34.4. The van der Waals surface area contributed by atoms with Crippen LogP contribution in [-0.2, 0) is 28.5 Å². The topological polar surface area (TPSA) is 254 Å². The minimum atomic E-state index is -0.859. The zero-order valence-electron chi connectivity index (χ0n) is 66.6. The van der Waals surface area contributed by atoms with Gasteiger partial charge in [0.25, 0.3) is 17.0 Å². The highest BCUT2D eigenvalue weighted by Crippen LogP contribution is 2.48. The lowest BCUT2D eigenvalue weighted by atomic mass is 9.97. The summed E-state index contributed by atoms with van der Waals surface area (Å²) in [7, 11) is 10.7. The van der Waals surface area contributed by atoms with Crippen molar-refractivity contribution in [2.75, 3.05) is 128 Å². The van der Waals surface area contributed by atoms with Gasteiger partial charge in [-0.05, 0) is 169 Å². The Morgan fingerprint density at radius 3 is 1.45 bits per heavy atom. The van der Waals surface area contributed by atoms with Gasteiger partial charge in [-0.3, -0.25) is 38.3 Å². The van der Waals surface area contributed by atoms with E-state index in [9.17, 15) is 24.0 Å². The summed E-state index contributed by atoms with van der Waals surface area (Å²) in [5.41, 5.74) is 2.70. The average molecular weight is 1590 g/mol. The van der Waals surface area contributed by atoms with Gasteiger partial charge < -0.3 is 68.0 Å². The fraction of sp³-hybridized carbons (Fsp3) is 0.475. The third-order valence-electron chi connectivity index (χ3n) is 19.1. The summed E-state index contributed by atoms with van der Waals surface area (Å²) >= 11 is 19.4. The number of likely N-dealkylation sites (N-methyl/N-ethyl adjacent to an activating group) is 1. The smallest absolute Gasteiger partial charge is 0.410 e. The van der Waals surface area contributed by atoms with Gasteiger partial charge in [-0.25, -0.2) is 28.3 Å². The molecule has 111 heavy (non-hydrogen) atoms. The quantitative estimate of drug-likeness (QED) is 0.0656. The van der Waals surface area contributed by atoms with Crippen molar-refractivity contribution in [1.82, 2.24) is 48.7 Å². The third kappa shape index (κ3) is 17.5. The summed E-state index contributed by atoms with van der Waals surface area (Å²) < 4.78 is 67.5. The summed E-state index contributed by atoms with van der Waals surface area (Å²) in [4.78, 5) is 117. The van der Waals surface area contributed by atoms with Gasteiger partial charge in [0, 0.05) is 88.1 Å². The van der Waals surface area contributed by atoms with E-state index in [0.29, 0.717) is 51.5 Å². The van der Waals surface area contributed by atoms with E-state index in [2.05, 4.69) is 10.3 Å². The minimum absolute atomic E-state index is 0.00424. The Labute approximate surface area is 660 Å². The van der Waals surface area contributed by atoms with E-state index >= 15 is 13.6 Å². The summed E-state index contributed by atoms with van der Waals surface area (Å²) in [6.45, 7) is 27.8. The molecular formula is C80H99Cl3F2N14O12. The number of alkyl halides is 1. The molecule has 4 atom stereocenters. The lowest BCUT2D eigenvalue weighted by molar-refractivity contribution is -0.121. The molecule has 0 spiro atoms. The second-order valence-corrected chi connectivity index (χ2v) is 32.2. The standard InChI is InChI=1S/C40H49ClFN7O6.C36H40ClFN6O6.C4H10ClN/c1-22(2)31-33(23(3)14-15-43-31)49-36-25(18-26(41)32(44-36)30-27(42)12-11-13-29(30)54-21-53-10)34-35(38(49)51)46(17-16-45(8)9)37(50)28-20-47(24(4)19-48(28)34)39(52)55-40(5,6)7;1-18(2)27-30(19(3)12-13-39-27)44-32-21(14-22(37)28(40-32)26-23(38)10-9-11-25(26)49-17-48-8)31-29(34(44)46)41-33(45)24-16-42(20(4)15-43(24)31)35(47)50-36(5,6)7;1-6(2)4-3-5/h11-15,18,22,24,28H,16-17,19-21H2,1-10H3;9-14,18,20,24H,15-17H2,1-8H3,(H,41,45);3-4H2,1-2H3/t24-,28-;20-,24-;/m11./s1. The number of hydrogen-bond acceptors (Lipinski definition) is 20. The molecule has 0 bridgehead atoms. The number of hydrogen-bond donors (Lipinski definition) is 1. The van der Waals surface area contributed by atoms with E-state index in [1.165, 1.54) is 57.4 Å². The van der Waals surface area contributed by atoms with E-state index in [4.69, 9.17) is 78.2 Å². The number of carbonyl (C=O) groups excluding carboxylic acids is 4. The van der Waals surface area contributed by atoms with Gasteiger partial charge in [-0.15, -0.1) is 11.6 Å². The number of nitrogens with one attached hydrogen (secondary N) is 1. The maximum absolute atomic E-state index is 15.9. The average Bonchev–Trinajstić information content (AvgIpc) is 0.710. The van der Waals surface area contributed by atoms with Crippen LogP contribution in [0.3, 0.4) is 0 Å². The number of piperazine rings is 2. The summed E-state index contributed by atoms with van der Waals surface area (Å²) in [6.07, 6.45) is 2.30. The SMILES string of the molecule is CN(C)CCCl.COCOc1cccc(F)c1-c1nc2c(cc1Cl)c1c(c(=O)n2-c2c(C)ccnc2C(C)C)N(CCN(C)C)C(=O)[C@H]2CN(C(=O)OC(C)(C)C)[C@H](C)CN12.COCOc1cccc(F)c1-c1nc2c(cc1Cl)c1c(c(=O)n2-c2c(C)ccnc2C(C)C)NC(=O)[C@H]2CN(C(=O)OC(C)(C)C)[C@H](C)CN12. The molecule has 4 aliphatic rings.